The van der Waals surface area contributed by atoms with Crippen molar-refractivity contribution in [3.8, 4) is 0 Å². The first kappa shape index (κ1) is 13.8. The Labute approximate surface area is 113 Å². The van der Waals surface area contributed by atoms with Gasteiger partial charge in [0.05, 0.1) is 5.75 Å². The van der Waals surface area contributed by atoms with E-state index in [1.807, 2.05) is 18.2 Å². The van der Waals surface area contributed by atoms with Gasteiger partial charge in [0.1, 0.15) is 0 Å². The molecule has 0 heterocycles. The SMILES string of the molecule is NS(=O)(=O)CCCNC1CCc2cc(Cl)ccc21. The van der Waals surface area contributed by atoms with Gasteiger partial charge in [0, 0.05) is 11.1 Å². The standard InChI is InChI=1S/C12H17ClN2O2S/c13-10-3-4-11-9(8-10)2-5-12(11)15-6-1-7-18(14,16)17/h3-4,8,12,15H,1-2,5-7H2,(H2,14,16,17). The molecule has 0 aromatic heterocycles. The Morgan fingerprint density at radius 1 is 1.44 bits per heavy atom. The van der Waals surface area contributed by atoms with Gasteiger partial charge in [-0.25, -0.2) is 13.6 Å². The first-order chi connectivity index (χ1) is 8.46. The molecule has 0 radical (unpaired) electrons. The fourth-order valence-corrected chi connectivity index (χ4v) is 3.09. The molecule has 0 saturated heterocycles. The van der Waals surface area contributed by atoms with Crippen LogP contribution in [0.15, 0.2) is 18.2 Å². The van der Waals surface area contributed by atoms with Crippen LogP contribution in [0.3, 0.4) is 0 Å². The second-order valence-electron chi connectivity index (χ2n) is 4.61. The van der Waals surface area contributed by atoms with E-state index in [1.54, 1.807) is 0 Å². The van der Waals surface area contributed by atoms with Gasteiger partial charge in [-0.3, -0.25) is 0 Å². The number of rotatable bonds is 5. The Hall–Kier alpha value is -0.620. The van der Waals surface area contributed by atoms with Crippen LogP contribution in [0.5, 0.6) is 0 Å². The van der Waals surface area contributed by atoms with E-state index in [0.29, 0.717) is 19.0 Å². The van der Waals surface area contributed by atoms with Gasteiger partial charge in [-0.2, -0.15) is 0 Å². The quantitative estimate of drug-likeness (QED) is 0.808. The Morgan fingerprint density at radius 2 is 2.22 bits per heavy atom. The third-order valence-corrected chi connectivity index (χ3v) is 4.27. The molecule has 100 valence electrons. The number of nitrogens with one attached hydrogen (secondary N) is 1. The molecule has 0 bridgehead atoms. The molecule has 18 heavy (non-hydrogen) atoms. The molecule has 0 fully saturated rings. The number of aryl methyl sites for hydroxylation is 1. The Kier molecular flexibility index (Phi) is 4.27. The second kappa shape index (κ2) is 5.57. The number of hydrogen-bond acceptors (Lipinski definition) is 3. The lowest BCUT2D eigenvalue weighted by atomic mass is 10.1. The molecule has 4 nitrogen and oxygen atoms in total. The molecule has 3 N–H and O–H groups in total. The molecule has 1 aliphatic carbocycles. The summed E-state index contributed by atoms with van der Waals surface area (Å²) in [6, 6.07) is 6.24. The predicted molar refractivity (Wildman–Crippen MR) is 73.1 cm³/mol. The van der Waals surface area contributed by atoms with Crippen molar-refractivity contribution < 1.29 is 8.42 Å². The summed E-state index contributed by atoms with van der Waals surface area (Å²) in [4.78, 5) is 0. The summed E-state index contributed by atoms with van der Waals surface area (Å²) in [5, 5.41) is 9.09. The highest BCUT2D eigenvalue weighted by Gasteiger charge is 2.21. The van der Waals surface area contributed by atoms with Crippen molar-refractivity contribution in [2.75, 3.05) is 12.3 Å². The maximum Gasteiger partial charge on any atom is 0.209 e. The highest BCUT2D eigenvalue weighted by atomic mass is 35.5. The van der Waals surface area contributed by atoms with Gasteiger partial charge in [-0.05, 0) is 49.1 Å². The zero-order chi connectivity index (χ0) is 13.2. The minimum atomic E-state index is -3.34. The number of hydrogen-bond donors (Lipinski definition) is 2. The molecule has 0 saturated carbocycles. The molecular formula is C12H17ClN2O2S. The summed E-state index contributed by atoms with van der Waals surface area (Å²) < 4.78 is 21.6. The Bertz CT molecular complexity index is 531. The van der Waals surface area contributed by atoms with Crippen molar-refractivity contribution in [3.05, 3.63) is 34.3 Å². The number of halogens is 1. The lowest BCUT2D eigenvalue weighted by Gasteiger charge is -2.13. The smallest absolute Gasteiger partial charge is 0.209 e. The fourth-order valence-electron chi connectivity index (χ4n) is 2.35. The van der Waals surface area contributed by atoms with Crippen LogP contribution in [0.1, 0.15) is 30.0 Å². The van der Waals surface area contributed by atoms with Crippen LogP contribution in [0.4, 0.5) is 0 Å². The largest absolute Gasteiger partial charge is 0.310 e. The van der Waals surface area contributed by atoms with E-state index in [1.165, 1.54) is 11.1 Å². The molecule has 0 aliphatic heterocycles. The third kappa shape index (κ3) is 3.68. The molecule has 1 atom stereocenters. The van der Waals surface area contributed by atoms with Crippen LogP contribution in [-0.4, -0.2) is 20.7 Å². The highest BCUT2D eigenvalue weighted by molar-refractivity contribution is 7.89. The summed E-state index contributed by atoms with van der Waals surface area (Å²) in [6.07, 6.45) is 2.59. The molecule has 1 unspecified atom stereocenters. The van der Waals surface area contributed by atoms with E-state index < -0.39 is 10.0 Å². The molecule has 0 amide bonds. The minimum Gasteiger partial charge on any atom is -0.310 e. The zero-order valence-corrected chi connectivity index (χ0v) is 11.6. The molecule has 1 aliphatic rings. The lowest BCUT2D eigenvalue weighted by molar-refractivity contribution is 0.526. The summed E-state index contributed by atoms with van der Waals surface area (Å²) in [5.41, 5.74) is 2.56. The van der Waals surface area contributed by atoms with Gasteiger partial charge in [0.2, 0.25) is 10.0 Å². The van der Waals surface area contributed by atoms with E-state index >= 15 is 0 Å². The van der Waals surface area contributed by atoms with Gasteiger partial charge >= 0.3 is 0 Å². The fraction of sp³-hybridized carbons (Fsp3) is 0.500. The zero-order valence-electron chi connectivity index (χ0n) is 10.0. The Morgan fingerprint density at radius 3 is 2.94 bits per heavy atom. The summed E-state index contributed by atoms with van der Waals surface area (Å²) in [7, 11) is -3.34. The lowest BCUT2D eigenvalue weighted by Crippen LogP contribution is -2.24. The van der Waals surface area contributed by atoms with Crippen LogP contribution >= 0.6 is 11.6 Å². The maximum atomic E-state index is 10.8. The van der Waals surface area contributed by atoms with E-state index in [2.05, 4.69) is 5.32 Å². The molecule has 1 aromatic rings. The van der Waals surface area contributed by atoms with E-state index in [-0.39, 0.29) is 5.75 Å². The molecule has 6 heteroatoms. The van der Waals surface area contributed by atoms with Crippen molar-refractivity contribution in [3.63, 3.8) is 0 Å². The number of sulfonamides is 1. The van der Waals surface area contributed by atoms with Crippen LogP contribution < -0.4 is 10.5 Å². The first-order valence-corrected chi connectivity index (χ1v) is 8.07. The van der Waals surface area contributed by atoms with E-state index in [9.17, 15) is 8.42 Å². The van der Waals surface area contributed by atoms with Crippen LogP contribution in [0, 0.1) is 0 Å². The van der Waals surface area contributed by atoms with Crippen molar-refractivity contribution in [2.45, 2.75) is 25.3 Å². The molecular weight excluding hydrogens is 272 g/mol. The minimum absolute atomic E-state index is 0.0280. The predicted octanol–water partition coefficient (Wildman–Crippen LogP) is 1.60. The topological polar surface area (TPSA) is 72.2 Å². The maximum absolute atomic E-state index is 10.8. The van der Waals surface area contributed by atoms with Crippen molar-refractivity contribution in [1.82, 2.24) is 5.32 Å². The normalized spacial score (nSPS) is 18.9. The van der Waals surface area contributed by atoms with Gasteiger partial charge < -0.3 is 5.32 Å². The average Bonchev–Trinajstić information content (AvgIpc) is 2.65. The van der Waals surface area contributed by atoms with Gasteiger partial charge in [-0.15, -0.1) is 0 Å². The van der Waals surface area contributed by atoms with Crippen molar-refractivity contribution in [1.29, 1.82) is 0 Å². The van der Waals surface area contributed by atoms with Crippen molar-refractivity contribution in [2.24, 2.45) is 5.14 Å². The average molecular weight is 289 g/mol. The van der Waals surface area contributed by atoms with E-state index in [4.69, 9.17) is 16.7 Å². The summed E-state index contributed by atoms with van der Waals surface area (Å²) in [6.45, 7) is 0.656. The number of nitrogens with two attached hydrogens (primary N) is 1. The molecule has 2 rings (SSSR count). The number of primary sulfonamides is 1. The second-order valence-corrected chi connectivity index (χ2v) is 6.78. The Balaban J connectivity index is 1.87. The van der Waals surface area contributed by atoms with Gasteiger partial charge in [0.15, 0.2) is 0 Å². The molecule has 0 spiro atoms. The van der Waals surface area contributed by atoms with Crippen LogP contribution in [-0.2, 0) is 16.4 Å². The summed E-state index contributed by atoms with van der Waals surface area (Å²) >= 11 is 5.95. The van der Waals surface area contributed by atoms with Gasteiger partial charge in [-0.1, -0.05) is 17.7 Å². The van der Waals surface area contributed by atoms with Crippen LogP contribution in [0.25, 0.3) is 0 Å². The first-order valence-electron chi connectivity index (χ1n) is 5.98. The molecule has 1 aromatic carbocycles. The van der Waals surface area contributed by atoms with Crippen molar-refractivity contribution >= 4 is 21.6 Å². The van der Waals surface area contributed by atoms with E-state index in [0.717, 1.165) is 17.9 Å². The third-order valence-electron chi connectivity index (χ3n) is 3.18. The monoisotopic (exact) mass is 288 g/mol. The summed E-state index contributed by atoms with van der Waals surface area (Å²) in [5.74, 6) is 0.0280. The number of fused-ring (bicyclic) bond motifs is 1. The number of benzene rings is 1. The highest BCUT2D eigenvalue weighted by Crippen LogP contribution is 2.32. The van der Waals surface area contributed by atoms with Gasteiger partial charge in [0.25, 0.3) is 0 Å². The van der Waals surface area contributed by atoms with Crippen LogP contribution in [0.2, 0.25) is 5.02 Å².